The van der Waals surface area contributed by atoms with Gasteiger partial charge in [0, 0.05) is 0 Å². The van der Waals surface area contributed by atoms with Gasteiger partial charge in [-0.1, -0.05) is 101 Å². The van der Waals surface area contributed by atoms with Gasteiger partial charge in [0.2, 0.25) is 0 Å². The molecule has 1 amide bonds. The molecule has 31 heavy (non-hydrogen) atoms. The Morgan fingerprint density at radius 3 is 2.19 bits per heavy atom. The lowest BCUT2D eigenvalue weighted by molar-refractivity contribution is -0.173. The van der Waals surface area contributed by atoms with Gasteiger partial charge in [0.25, 0.3) is 0 Å². The summed E-state index contributed by atoms with van der Waals surface area (Å²) in [5.41, 5.74) is 1.78. The number of carbonyl (C=O) groups is 2. The normalized spacial score (nSPS) is 21.1. The maximum Gasteiger partial charge on any atom is 0.411 e. The number of hydrogen-bond acceptors (Lipinski definition) is 4. The zero-order valence-electron chi connectivity index (χ0n) is 18.7. The number of rotatable bonds is 8. The summed E-state index contributed by atoms with van der Waals surface area (Å²) in [6.45, 7) is 6.42. The van der Waals surface area contributed by atoms with Crippen molar-refractivity contribution in [1.29, 1.82) is 0 Å². The summed E-state index contributed by atoms with van der Waals surface area (Å²) in [5, 5.41) is 0. The third kappa shape index (κ3) is 5.66. The quantitative estimate of drug-likeness (QED) is 0.382. The summed E-state index contributed by atoms with van der Waals surface area (Å²) in [4.78, 5) is 28.1. The Balaban J connectivity index is 2.04. The van der Waals surface area contributed by atoms with E-state index in [4.69, 9.17) is 9.47 Å². The molecule has 0 aliphatic carbocycles. The molecule has 0 aromatic heterocycles. The Labute approximate surface area is 185 Å². The van der Waals surface area contributed by atoms with Gasteiger partial charge in [-0.25, -0.2) is 9.59 Å². The lowest BCUT2D eigenvalue weighted by Crippen LogP contribution is -2.54. The Hall–Kier alpha value is -2.82. The molecular formula is C26H33NO4. The molecule has 1 saturated heterocycles. The zero-order chi connectivity index (χ0) is 22.2. The molecule has 0 saturated carbocycles. The first-order valence-corrected chi connectivity index (χ1v) is 11.3. The van der Waals surface area contributed by atoms with Crippen molar-refractivity contribution in [2.75, 3.05) is 6.61 Å². The monoisotopic (exact) mass is 423 g/mol. The fourth-order valence-corrected chi connectivity index (χ4v) is 4.00. The summed E-state index contributed by atoms with van der Waals surface area (Å²) in [6.07, 6.45) is 2.40. The van der Waals surface area contributed by atoms with Crippen LogP contribution in [0.3, 0.4) is 0 Å². The number of ether oxygens (including phenoxy) is 2. The Bertz CT molecular complexity index is 837. The number of nitrogens with zero attached hydrogens (tertiary/aromatic N) is 1. The van der Waals surface area contributed by atoms with Gasteiger partial charge < -0.3 is 9.47 Å². The van der Waals surface area contributed by atoms with Gasteiger partial charge in [-0.3, -0.25) is 4.90 Å². The van der Waals surface area contributed by atoms with Crippen LogP contribution in [0.5, 0.6) is 0 Å². The van der Waals surface area contributed by atoms with Gasteiger partial charge in [0.15, 0.2) is 6.10 Å². The topological polar surface area (TPSA) is 55.8 Å². The summed E-state index contributed by atoms with van der Waals surface area (Å²) >= 11 is 0. The van der Waals surface area contributed by atoms with E-state index in [0.717, 1.165) is 30.4 Å². The average Bonchev–Trinajstić information content (AvgIpc) is 2.79. The van der Waals surface area contributed by atoms with Crippen LogP contribution in [0.4, 0.5) is 4.79 Å². The minimum Gasteiger partial charge on any atom is -0.453 e. The van der Waals surface area contributed by atoms with Crippen LogP contribution in [0.2, 0.25) is 0 Å². The SMILES string of the molecule is CCCCCC1C(=O)OC(c2ccccc2)C(c2ccccc2)N1C(=O)OCC(C)C. The molecule has 1 aliphatic heterocycles. The van der Waals surface area contributed by atoms with Gasteiger partial charge in [-0.05, 0) is 23.5 Å². The standard InChI is InChI=1S/C26H33NO4/c1-4-5-8-17-22-25(28)31-24(21-15-11-7-12-16-21)23(20-13-9-6-10-14-20)27(22)26(29)30-18-19(2)3/h6-7,9-16,19,22-24H,4-5,8,17-18H2,1-3H3. The summed E-state index contributed by atoms with van der Waals surface area (Å²) in [5.74, 6) is -0.155. The molecule has 1 aliphatic rings. The number of morpholine rings is 1. The number of carbonyl (C=O) groups excluding carboxylic acids is 2. The lowest BCUT2D eigenvalue weighted by atomic mass is 9.90. The Morgan fingerprint density at radius 2 is 1.61 bits per heavy atom. The molecular weight excluding hydrogens is 390 g/mol. The average molecular weight is 424 g/mol. The second-order valence-electron chi connectivity index (χ2n) is 8.51. The Kier molecular flexibility index (Phi) is 8.10. The zero-order valence-corrected chi connectivity index (χ0v) is 18.7. The van der Waals surface area contributed by atoms with Crippen molar-refractivity contribution in [3.8, 4) is 0 Å². The van der Waals surface area contributed by atoms with Crippen LogP contribution in [0.1, 0.15) is 69.7 Å². The molecule has 2 aromatic carbocycles. The molecule has 166 valence electrons. The van der Waals surface area contributed by atoms with E-state index in [1.54, 1.807) is 4.90 Å². The van der Waals surface area contributed by atoms with E-state index in [1.165, 1.54) is 0 Å². The first-order chi connectivity index (χ1) is 15.0. The predicted molar refractivity (Wildman–Crippen MR) is 120 cm³/mol. The molecule has 5 nitrogen and oxygen atoms in total. The summed E-state index contributed by atoms with van der Waals surface area (Å²) < 4.78 is 11.6. The van der Waals surface area contributed by atoms with Crippen molar-refractivity contribution in [3.05, 3.63) is 71.8 Å². The van der Waals surface area contributed by atoms with E-state index >= 15 is 0 Å². The van der Waals surface area contributed by atoms with Gasteiger partial charge in [-0.15, -0.1) is 0 Å². The second-order valence-corrected chi connectivity index (χ2v) is 8.51. The van der Waals surface area contributed by atoms with Gasteiger partial charge in [-0.2, -0.15) is 0 Å². The molecule has 5 heteroatoms. The van der Waals surface area contributed by atoms with Crippen LogP contribution < -0.4 is 0 Å². The maximum atomic E-state index is 13.3. The molecule has 0 radical (unpaired) electrons. The van der Waals surface area contributed by atoms with Crippen LogP contribution >= 0.6 is 0 Å². The molecule has 1 heterocycles. The lowest BCUT2D eigenvalue weighted by Gasteiger charge is -2.44. The van der Waals surface area contributed by atoms with Crippen LogP contribution in [0, 0.1) is 5.92 Å². The first kappa shape index (κ1) is 22.9. The highest BCUT2D eigenvalue weighted by Gasteiger charge is 2.48. The van der Waals surface area contributed by atoms with Crippen LogP contribution in [0.25, 0.3) is 0 Å². The first-order valence-electron chi connectivity index (χ1n) is 11.3. The van der Waals surface area contributed by atoms with Crippen molar-refractivity contribution < 1.29 is 19.1 Å². The molecule has 3 rings (SSSR count). The van der Waals surface area contributed by atoms with Crippen molar-refractivity contribution in [2.45, 2.75) is 64.6 Å². The molecule has 1 fully saturated rings. The highest BCUT2D eigenvalue weighted by Crippen LogP contribution is 2.43. The highest BCUT2D eigenvalue weighted by atomic mass is 16.6. The summed E-state index contributed by atoms with van der Waals surface area (Å²) in [7, 11) is 0. The van der Waals surface area contributed by atoms with Crippen molar-refractivity contribution >= 4 is 12.1 Å². The molecule has 2 aromatic rings. The van der Waals surface area contributed by atoms with Gasteiger partial charge >= 0.3 is 12.1 Å². The van der Waals surface area contributed by atoms with Crippen molar-refractivity contribution in [2.24, 2.45) is 5.92 Å². The van der Waals surface area contributed by atoms with E-state index in [2.05, 4.69) is 6.92 Å². The predicted octanol–water partition coefficient (Wildman–Crippen LogP) is 6.07. The van der Waals surface area contributed by atoms with E-state index < -0.39 is 24.3 Å². The maximum absolute atomic E-state index is 13.3. The molecule has 3 atom stereocenters. The van der Waals surface area contributed by atoms with Crippen LogP contribution in [-0.2, 0) is 14.3 Å². The fraction of sp³-hybridized carbons (Fsp3) is 0.462. The largest absolute Gasteiger partial charge is 0.453 e. The van der Waals surface area contributed by atoms with E-state index in [-0.39, 0.29) is 11.9 Å². The number of unbranched alkanes of at least 4 members (excludes halogenated alkanes) is 2. The van der Waals surface area contributed by atoms with Crippen molar-refractivity contribution in [3.63, 3.8) is 0 Å². The smallest absolute Gasteiger partial charge is 0.411 e. The second kappa shape index (κ2) is 11.0. The number of hydrogen-bond donors (Lipinski definition) is 0. The molecule has 3 unspecified atom stereocenters. The molecule has 0 bridgehead atoms. The van der Waals surface area contributed by atoms with Gasteiger partial charge in [0.05, 0.1) is 6.61 Å². The minimum absolute atomic E-state index is 0.208. The summed E-state index contributed by atoms with van der Waals surface area (Å²) in [6, 6.07) is 18.3. The van der Waals surface area contributed by atoms with E-state index in [0.29, 0.717) is 13.0 Å². The third-order valence-corrected chi connectivity index (χ3v) is 5.54. The van der Waals surface area contributed by atoms with Crippen molar-refractivity contribution in [1.82, 2.24) is 4.90 Å². The highest BCUT2D eigenvalue weighted by molar-refractivity contribution is 5.83. The van der Waals surface area contributed by atoms with E-state index in [9.17, 15) is 9.59 Å². The number of benzene rings is 2. The van der Waals surface area contributed by atoms with E-state index in [1.807, 2.05) is 74.5 Å². The number of esters is 1. The van der Waals surface area contributed by atoms with Crippen LogP contribution in [0.15, 0.2) is 60.7 Å². The fourth-order valence-electron chi connectivity index (χ4n) is 4.00. The van der Waals surface area contributed by atoms with Gasteiger partial charge in [0.1, 0.15) is 12.1 Å². The number of amides is 1. The molecule has 0 spiro atoms. The van der Waals surface area contributed by atoms with Crippen LogP contribution in [-0.4, -0.2) is 29.6 Å². The number of cyclic esters (lactones) is 1. The minimum atomic E-state index is -0.656. The Morgan fingerprint density at radius 1 is 1.00 bits per heavy atom. The molecule has 0 N–H and O–H groups in total. The third-order valence-electron chi connectivity index (χ3n) is 5.54.